The van der Waals surface area contributed by atoms with Crippen molar-refractivity contribution in [1.29, 1.82) is 0 Å². The smallest absolute Gasteiger partial charge is 0.0406 e. The Morgan fingerprint density at radius 3 is 1.41 bits per heavy atom. The van der Waals surface area contributed by atoms with Gasteiger partial charge in [-0.1, -0.05) is 123 Å². The van der Waals surface area contributed by atoms with Crippen LogP contribution in [0.3, 0.4) is 0 Å². The van der Waals surface area contributed by atoms with E-state index in [4.69, 9.17) is 11.6 Å². The van der Waals surface area contributed by atoms with Crippen molar-refractivity contribution in [2.24, 2.45) is 11.8 Å². The van der Waals surface area contributed by atoms with Gasteiger partial charge in [0.15, 0.2) is 0 Å². The molecule has 0 saturated heterocycles. The van der Waals surface area contributed by atoms with Gasteiger partial charge in [-0.05, 0) is 83.9 Å². The van der Waals surface area contributed by atoms with Crippen LogP contribution in [0, 0.1) is 11.8 Å². The van der Waals surface area contributed by atoms with Crippen LogP contribution in [0.2, 0.25) is 5.02 Å². The fourth-order valence-electron chi connectivity index (χ4n) is 5.27. The van der Waals surface area contributed by atoms with Crippen molar-refractivity contribution in [3.05, 3.63) is 106 Å². The van der Waals surface area contributed by atoms with Crippen molar-refractivity contribution in [2.45, 2.75) is 71.1 Å². The Hall–Kier alpha value is -2.31. The lowest BCUT2D eigenvalue weighted by Gasteiger charge is -2.28. The Balaban J connectivity index is 1.15. The molecule has 0 bridgehead atoms. The van der Waals surface area contributed by atoms with E-state index in [1.54, 1.807) is 0 Å². The zero-order valence-electron chi connectivity index (χ0n) is 20.7. The van der Waals surface area contributed by atoms with Gasteiger partial charge in [0, 0.05) is 5.02 Å². The van der Waals surface area contributed by atoms with Crippen LogP contribution in [0.5, 0.6) is 0 Å². The third-order valence-electron chi connectivity index (χ3n) is 7.53. The van der Waals surface area contributed by atoms with Crippen LogP contribution in [0.15, 0.2) is 72.8 Å². The molecule has 1 heteroatoms. The van der Waals surface area contributed by atoms with Crippen molar-refractivity contribution >= 4 is 23.8 Å². The van der Waals surface area contributed by atoms with E-state index in [0.717, 1.165) is 16.9 Å². The molecule has 34 heavy (non-hydrogen) atoms. The molecule has 0 aliphatic heterocycles. The molecule has 0 N–H and O–H groups in total. The molecular weight excluding hydrogens is 432 g/mol. The first kappa shape index (κ1) is 24.8. The van der Waals surface area contributed by atoms with E-state index in [9.17, 15) is 0 Å². The third-order valence-corrected chi connectivity index (χ3v) is 7.78. The van der Waals surface area contributed by atoms with Gasteiger partial charge < -0.3 is 0 Å². The number of hydrogen-bond acceptors (Lipinski definition) is 0. The molecular formula is C33H39Cl. The zero-order valence-corrected chi connectivity index (χ0v) is 21.4. The highest BCUT2D eigenvalue weighted by molar-refractivity contribution is 6.30. The SMILES string of the molecule is CCCc1ccc(CC[C@H]2CC[C@H](CCc3ccc(/C=C/c4ccc(Cl)cc4)cc3)CC2)cc1. The maximum Gasteiger partial charge on any atom is 0.0406 e. The molecule has 1 aliphatic rings. The molecule has 3 aromatic rings. The van der Waals surface area contributed by atoms with Gasteiger partial charge in [-0.25, -0.2) is 0 Å². The Labute approximate surface area is 212 Å². The summed E-state index contributed by atoms with van der Waals surface area (Å²) in [5, 5.41) is 0.781. The Morgan fingerprint density at radius 2 is 0.971 bits per heavy atom. The lowest BCUT2D eigenvalue weighted by Crippen LogP contribution is -2.15. The van der Waals surface area contributed by atoms with E-state index in [1.165, 1.54) is 92.0 Å². The molecule has 0 heterocycles. The Bertz CT molecular complexity index is 1000. The van der Waals surface area contributed by atoms with Crippen LogP contribution >= 0.6 is 11.6 Å². The highest BCUT2D eigenvalue weighted by atomic mass is 35.5. The van der Waals surface area contributed by atoms with Crippen LogP contribution in [0.1, 0.15) is 79.7 Å². The second-order valence-corrected chi connectivity index (χ2v) is 10.6. The van der Waals surface area contributed by atoms with E-state index in [0.29, 0.717) is 0 Å². The van der Waals surface area contributed by atoms with Gasteiger partial charge in [0.2, 0.25) is 0 Å². The van der Waals surface area contributed by atoms with Gasteiger partial charge in [0.25, 0.3) is 0 Å². The monoisotopic (exact) mass is 470 g/mol. The van der Waals surface area contributed by atoms with E-state index in [1.807, 2.05) is 24.3 Å². The summed E-state index contributed by atoms with van der Waals surface area (Å²) in [4.78, 5) is 0. The number of hydrogen-bond donors (Lipinski definition) is 0. The van der Waals surface area contributed by atoms with Crippen LogP contribution in [-0.2, 0) is 19.3 Å². The number of aryl methyl sites for hydroxylation is 3. The minimum absolute atomic E-state index is 0.781. The molecule has 1 aliphatic carbocycles. The lowest BCUT2D eigenvalue weighted by atomic mass is 9.77. The second kappa shape index (κ2) is 13.0. The van der Waals surface area contributed by atoms with Crippen molar-refractivity contribution in [3.63, 3.8) is 0 Å². The molecule has 0 nitrogen and oxygen atoms in total. The predicted molar refractivity (Wildman–Crippen MR) is 149 cm³/mol. The number of benzene rings is 3. The van der Waals surface area contributed by atoms with Crippen molar-refractivity contribution in [2.75, 3.05) is 0 Å². The standard InChI is InChI=1S/C33H39Cl/c1-2-3-26-4-6-27(7-5-26)8-9-28-10-12-29(13-11-28)14-15-30-16-18-31(19-17-30)20-21-32-22-24-33(34)25-23-32/h4-7,16-25,28-29H,2-3,8-15H2,1H3/b21-20+/t28-,29-. The molecule has 0 atom stereocenters. The topological polar surface area (TPSA) is 0 Å². The summed E-state index contributed by atoms with van der Waals surface area (Å²) in [5.74, 6) is 1.84. The quantitative estimate of drug-likeness (QED) is 0.258. The zero-order chi connectivity index (χ0) is 23.6. The second-order valence-electron chi connectivity index (χ2n) is 10.2. The van der Waals surface area contributed by atoms with Crippen molar-refractivity contribution in [3.8, 4) is 0 Å². The number of halogens is 1. The average molecular weight is 471 g/mol. The average Bonchev–Trinajstić information content (AvgIpc) is 2.88. The fourth-order valence-corrected chi connectivity index (χ4v) is 5.40. The largest absolute Gasteiger partial charge is 0.0843 e. The maximum atomic E-state index is 5.96. The third kappa shape index (κ3) is 7.88. The summed E-state index contributed by atoms with van der Waals surface area (Å²) in [6.45, 7) is 2.25. The van der Waals surface area contributed by atoms with Crippen LogP contribution in [-0.4, -0.2) is 0 Å². The molecule has 1 saturated carbocycles. The minimum atomic E-state index is 0.781. The maximum absolute atomic E-state index is 5.96. The first-order valence-electron chi connectivity index (χ1n) is 13.3. The van der Waals surface area contributed by atoms with E-state index in [-0.39, 0.29) is 0 Å². The first-order chi connectivity index (χ1) is 16.7. The molecule has 3 aromatic carbocycles. The molecule has 178 valence electrons. The molecule has 4 rings (SSSR count). The van der Waals surface area contributed by atoms with Gasteiger partial charge in [0.1, 0.15) is 0 Å². The molecule has 1 fully saturated rings. The van der Waals surface area contributed by atoms with Gasteiger partial charge >= 0.3 is 0 Å². The molecule has 0 spiro atoms. The summed E-state index contributed by atoms with van der Waals surface area (Å²) in [7, 11) is 0. The van der Waals surface area contributed by atoms with Crippen molar-refractivity contribution in [1.82, 2.24) is 0 Å². The number of rotatable bonds is 10. The molecule has 0 radical (unpaired) electrons. The van der Waals surface area contributed by atoms with E-state index < -0.39 is 0 Å². The summed E-state index contributed by atoms with van der Waals surface area (Å²) in [6.07, 6.45) is 17.6. The lowest BCUT2D eigenvalue weighted by molar-refractivity contribution is 0.253. The van der Waals surface area contributed by atoms with Gasteiger partial charge in [0.05, 0.1) is 0 Å². The Morgan fingerprint density at radius 1 is 0.588 bits per heavy atom. The summed E-state index contributed by atoms with van der Waals surface area (Å²) >= 11 is 5.96. The van der Waals surface area contributed by atoms with Crippen molar-refractivity contribution < 1.29 is 0 Å². The Kier molecular flexibility index (Phi) is 9.45. The van der Waals surface area contributed by atoms with Gasteiger partial charge in [-0.15, -0.1) is 0 Å². The molecule has 0 amide bonds. The molecule has 0 aromatic heterocycles. The van der Waals surface area contributed by atoms with Gasteiger partial charge in [-0.3, -0.25) is 0 Å². The normalized spacial score (nSPS) is 18.4. The van der Waals surface area contributed by atoms with Gasteiger partial charge in [-0.2, -0.15) is 0 Å². The molecule has 0 unspecified atom stereocenters. The minimum Gasteiger partial charge on any atom is -0.0843 e. The summed E-state index contributed by atoms with van der Waals surface area (Å²) in [6, 6.07) is 26.4. The van der Waals surface area contributed by atoms with E-state index >= 15 is 0 Å². The first-order valence-corrected chi connectivity index (χ1v) is 13.7. The highest BCUT2D eigenvalue weighted by Gasteiger charge is 2.20. The fraction of sp³-hybridized carbons (Fsp3) is 0.394. The highest BCUT2D eigenvalue weighted by Crippen LogP contribution is 2.34. The summed E-state index contributed by atoms with van der Waals surface area (Å²) < 4.78 is 0. The van der Waals surface area contributed by atoms with Crippen LogP contribution in [0.4, 0.5) is 0 Å². The van der Waals surface area contributed by atoms with Crippen LogP contribution in [0.25, 0.3) is 12.2 Å². The van der Waals surface area contributed by atoms with E-state index in [2.05, 4.69) is 67.6 Å². The van der Waals surface area contributed by atoms with Crippen LogP contribution < -0.4 is 0 Å². The predicted octanol–water partition coefficient (Wildman–Crippen LogP) is 9.83. The summed E-state index contributed by atoms with van der Waals surface area (Å²) in [5.41, 5.74) is 6.90.